The van der Waals surface area contributed by atoms with E-state index < -0.39 is 16.0 Å². The Kier molecular flexibility index (Phi) is 5.31. The van der Waals surface area contributed by atoms with Gasteiger partial charge in [-0.25, -0.2) is 8.42 Å². The van der Waals surface area contributed by atoms with E-state index in [4.69, 9.17) is 10.5 Å². The number of nitrogens with two attached hydrogens (primary N) is 1. The standard InChI is InChI=1S/C12H18N2O4S/c1-3-18-12(15)8-14(2)19(16,17)9-10-5-4-6-11(13)7-10/h4-7H,3,8-9,13H2,1-2H3. The van der Waals surface area contributed by atoms with Crippen molar-refractivity contribution in [3.63, 3.8) is 0 Å². The molecule has 1 aromatic carbocycles. The van der Waals surface area contributed by atoms with Crippen molar-refractivity contribution >= 4 is 21.7 Å². The van der Waals surface area contributed by atoms with Crippen LogP contribution in [0.3, 0.4) is 0 Å². The third kappa shape index (κ3) is 4.88. The maximum atomic E-state index is 12.0. The van der Waals surface area contributed by atoms with Crippen LogP contribution in [0.2, 0.25) is 0 Å². The fourth-order valence-corrected chi connectivity index (χ4v) is 2.61. The normalized spacial score (nSPS) is 11.5. The van der Waals surface area contributed by atoms with Crippen LogP contribution in [-0.2, 0) is 25.3 Å². The molecular formula is C12H18N2O4S. The molecule has 0 saturated carbocycles. The molecule has 0 aliphatic rings. The highest BCUT2D eigenvalue weighted by Crippen LogP contribution is 2.12. The molecule has 6 nitrogen and oxygen atoms in total. The van der Waals surface area contributed by atoms with Gasteiger partial charge in [0, 0.05) is 12.7 Å². The van der Waals surface area contributed by atoms with Crippen molar-refractivity contribution in [2.24, 2.45) is 0 Å². The number of nitrogen functional groups attached to an aromatic ring is 1. The van der Waals surface area contributed by atoms with Crippen LogP contribution in [0.15, 0.2) is 24.3 Å². The number of ether oxygens (including phenoxy) is 1. The first-order chi connectivity index (χ1) is 8.85. The van der Waals surface area contributed by atoms with Crippen molar-refractivity contribution in [2.75, 3.05) is 25.9 Å². The number of hydrogen-bond donors (Lipinski definition) is 1. The summed E-state index contributed by atoms with van der Waals surface area (Å²) in [4.78, 5) is 11.3. The summed E-state index contributed by atoms with van der Waals surface area (Å²) in [6.07, 6.45) is 0. The average Bonchev–Trinajstić information content (AvgIpc) is 2.28. The van der Waals surface area contributed by atoms with Crippen LogP contribution in [0, 0.1) is 0 Å². The van der Waals surface area contributed by atoms with Gasteiger partial charge in [0.15, 0.2) is 0 Å². The summed E-state index contributed by atoms with van der Waals surface area (Å²) in [5.74, 6) is -0.769. The Balaban J connectivity index is 2.72. The van der Waals surface area contributed by atoms with Crippen LogP contribution >= 0.6 is 0 Å². The molecule has 0 saturated heterocycles. The van der Waals surface area contributed by atoms with Crippen molar-refractivity contribution in [2.45, 2.75) is 12.7 Å². The Hall–Kier alpha value is -1.60. The van der Waals surface area contributed by atoms with Gasteiger partial charge in [-0.1, -0.05) is 12.1 Å². The second-order valence-electron chi connectivity index (χ2n) is 4.06. The monoisotopic (exact) mass is 286 g/mol. The van der Waals surface area contributed by atoms with E-state index >= 15 is 0 Å². The van der Waals surface area contributed by atoms with E-state index in [0.717, 1.165) is 4.31 Å². The number of esters is 1. The van der Waals surface area contributed by atoms with Crippen LogP contribution < -0.4 is 5.73 Å². The number of sulfonamides is 1. The molecular weight excluding hydrogens is 268 g/mol. The molecule has 2 N–H and O–H groups in total. The van der Waals surface area contributed by atoms with Gasteiger partial charge in [-0.3, -0.25) is 4.79 Å². The molecule has 1 aromatic rings. The highest BCUT2D eigenvalue weighted by atomic mass is 32.2. The number of hydrogen-bond acceptors (Lipinski definition) is 5. The molecule has 0 bridgehead atoms. The number of anilines is 1. The summed E-state index contributed by atoms with van der Waals surface area (Å²) < 4.78 is 29.7. The number of benzene rings is 1. The fraction of sp³-hybridized carbons (Fsp3) is 0.417. The lowest BCUT2D eigenvalue weighted by atomic mass is 10.2. The Bertz CT molecular complexity index is 542. The molecule has 19 heavy (non-hydrogen) atoms. The summed E-state index contributed by atoms with van der Waals surface area (Å²) in [5.41, 5.74) is 6.67. The topological polar surface area (TPSA) is 89.7 Å². The van der Waals surface area contributed by atoms with Gasteiger partial charge in [-0.2, -0.15) is 4.31 Å². The first-order valence-corrected chi connectivity index (χ1v) is 7.40. The Labute approximate surface area is 113 Å². The number of carbonyl (C=O) groups is 1. The van der Waals surface area contributed by atoms with E-state index in [9.17, 15) is 13.2 Å². The third-order valence-electron chi connectivity index (χ3n) is 2.43. The van der Waals surface area contributed by atoms with E-state index in [1.54, 1.807) is 31.2 Å². The quantitative estimate of drug-likeness (QED) is 0.610. The van der Waals surface area contributed by atoms with Gasteiger partial charge >= 0.3 is 5.97 Å². The molecule has 0 aliphatic carbocycles. The average molecular weight is 286 g/mol. The van der Waals surface area contributed by atoms with Crippen molar-refractivity contribution in [3.05, 3.63) is 29.8 Å². The Morgan fingerprint density at radius 3 is 2.68 bits per heavy atom. The summed E-state index contributed by atoms with van der Waals surface area (Å²) in [5, 5.41) is 0. The zero-order chi connectivity index (χ0) is 14.5. The molecule has 0 aromatic heterocycles. The van der Waals surface area contributed by atoms with Gasteiger partial charge < -0.3 is 10.5 Å². The van der Waals surface area contributed by atoms with Crippen LogP contribution in [0.1, 0.15) is 12.5 Å². The molecule has 7 heteroatoms. The number of rotatable bonds is 6. The third-order valence-corrected chi connectivity index (χ3v) is 4.21. The van der Waals surface area contributed by atoms with Gasteiger partial charge in [0.05, 0.1) is 12.4 Å². The fourth-order valence-electron chi connectivity index (χ4n) is 1.49. The molecule has 0 radical (unpaired) electrons. The second-order valence-corrected chi connectivity index (χ2v) is 6.14. The van der Waals surface area contributed by atoms with E-state index in [-0.39, 0.29) is 18.9 Å². The van der Waals surface area contributed by atoms with Crippen molar-refractivity contribution in [1.82, 2.24) is 4.31 Å². The van der Waals surface area contributed by atoms with Crippen LogP contribution in [0.25, 0.3) is 0 Å². The second kappa shape index (κ2) is 6.53. The first kappa shape index (κ1) is 15.5. The van der Waals surface area contributed by atoms with E-state index in [1.807, 2.05) is 0 Å². The lowest BCUT2D eigenvalue weighted by Gasteiger charge is -2.16. The van der Waals surface area contributed by atoms with Crippen LogP contribution in [-0.4, -0.2) is 38.9 Å². The molecule has 0 amide bonds. The van der Waals surface area contributed by atoms with E-state index in [2.05, 4.69) is 0 Å². The minimum absolute atomic E-state index is 0.200. The molecule has 0 aliphatic heterocycles. The van der Waals surface area contributed by atoms with E-state index in [1.165, 1.54) is 7.05 Å². The van der Waals surface area contributed by atoms with Crippen molar-refractivity contribution in [1.29, 1.82) is 0 Å². The molecule has 0 fully saturated rings. The smallest absolute Gasteiger partial charge is 0.321 e. The Morgan fingerprint density at radius 2 is 2.11 bits per heavy atom. The molecule has 106 valence electrons. The molecule has 0 spiro atoms. The highest BCUT2D eigenvalue weighted by molar-refractivity contribution is 7.88. The number of carbonyl (C=O) groups excluding carboxylic acids is 1. The lowest BCUT2D eigenvalue weighted by molar-refractivity contribution is -0.143. The minimum atomic E-state index is -3.57. The van der Waals surface area contributed by atoms with Gasteiger partial charge in [0.1, 0.15) is 6.54 Å². The van der Waals surface area contributed by atoms with Gasteiger partial charge in [0.2, 0.25) is 10.0 Å². The largest absolute Gasteiger partial charge is 0.465 e. The SMILES string of the molecule is CCOC(=O)CN(C)S(=O)(=O)Cc1cccc(N)c1. The summed E-state index contributed by atoms with van der Waals surface area (Å²) in [7, 11) is -2.22. The molecule has 0 heterocycles. The number of nitrogens with zero attached hydrogens (tertiary/aromatic N) is 1. The van der Waals surface area contributed by atoms with Crippen molar-refractivity contribution in [3.8, 4) is 0 Å². The number of likely N-dealkylation sites (N-methyl/N-ethyl adjacent to an activating group) is 1. The van der Waals surface area contributed by atoms with Gasteiger partial charge in [-0.05, 0) is 24.6 Å². The predicted molar refractivity (Wildman–Crippen MR) is 72.7 cm³/mol. The molecule has 0 unspecified atom stereocenters. The van der Waals surface area contributed by atoms with E-state index in [0.29, 0.717) is 11.3 Å². The summed E-state index contributed by atoms with van der Waals surface area (Å²) in [6.45, 7) is 1.60. The summed E-state index contributed by atoms with van der Waals surface area (Å²) in [6, 6.07) is 6.63. The minimum Gasteiger partial charge on any atom is -0.465 e. The maximum Gasteiger partial charge on any atom is 0.321 e. The zero-order valence-electron chi connectivity index (χ0n) is 11.0. The van der Waals surface area contributed by atoms with Crippen LogP contribution in [0.4, 0.5) is 5.69 Å². The summed E-state index contributed by atoms with van der Waals surface area (Å²) >= 11 is 0. The van der Waals surface area contributed by atoms with Gasteiger partial charge in [-0.15, -0.1) is 0 Å². The zero-order valence-corrected chi connectivity index (χ0v) is 11.8. The highest BCUT2D eigenvalue weighted by Gasteiger charge is 2.21. The first-order valence-electron chi connectivity index (χ1n) is 5.79. The van der Waals surface area contributed by atoms with Crippen LogP contribution in [0.5, 0.6) is 0 Å². The van der Waals surface area contributed by atoms with Gasteiger partial charge in [0.25, 0.3) is 0 Å². The molecule has 0 atom stereocenters. The lowest BCUT2D eigenvalue weighted by Crippen LogP contribution is -2.34. The molecule has 1 rings (SSSR count). The maximum absolute atomic E-state index is 12.0. The Morgan fingerprint density at radius 1 is 1.42 bits per heavy atom. The van der Waals surface area contributed by atoms with Crippen molar-refractivity contribution < 1.29 is 17.9 Å². The predicted octanol–water partition coefficient (Wildman–Crippen LogP) is 0.594.